The topological polar surface area (TPSA) is 215 Å². The van der Waals surface area contributed by atoms with Gasteiger partial charge in [-0.3, -0.25) is 13.9 Å². The molecule has 9 N–H and O–H groups in total. The summed E-state index contributed by atoms with van der Waals surface area (Å²) in [5, 5.41) is 23.9. The molecule has 1 aliphatic carbocycles. The zero-order valence-electron chi connectivity index (χ0n) is 20.2. The van der Waals surface area contributed by atoms with Crippen molar-refractivity contribution >= 4 is 19.5 Å². The second-order valence-electron chi connectivity index (χ2n) is 10.3. The number of aliphatic hydroxyl groups excluding tert-OH is 2. The largest absolute Gasteiger partial charge is 0.469 e. The van der Waals surface area contributed by atoms with Gasteiger partial charge in [0.2, 0.25) is 5.91 Å². The first-order valence-electron chi connectivity index (χ1n) is 12.6. The summed E-state index contributed by atoms with van der Waals surface area (Å²) in [6.45, 7) is -0.633. The second kappa shape index (κ2) is 11.0. The van der Waals surface area contributed by atoms with Crippen molar-refractivity contribution in [2.24, 2.45) is 11.7 Å². The van der Waals surface area contributed by atoms with Gasteiger partial charge in [-0.2, -0.15) is 0 Å². The van der Waals surface area contributed by atoms with Crippen molar-refractivity contribution < 1.29 is 38.6 Å². The summed E-state index contributed by atoms with van der Waals surface area (Å²) < 4.78 is 22.5. The highest BCUT2D eigenvalue weighted by Crippen LogP contribution is 2.45. The summed E-state index contributed by atoms with van der Waals surface area (Å²) in [6.07, 6.45) is 4.99. The average molecular weight is 532 g/mol. The Morgan fingerprint density at radius 3 is 2.53 bits per heavy atom. The number of amides is 1. The molecule has 14 heteroatoms. The maximum atomic E-state index is 13.5. The number of phosphoric ester groups is 1. The molecule has 3 heterocycles. The molecule has 7 unspecified atom stereocenters. The molecule has 1 aromatic heterocycles. The van der Waals surface area contributed by atoms with Gasteiger partial charge < -0.3 is 41.5 Å². The predicted octanol–water partition coefficient (Wildman–Crippen LogP) is 0.377. The Morgan fingerprint density at radius 1 is 1.17 bits per heavy atom. The molecule has 2 bridgehead atoms. The van der Waals surface area contributed by atoms with E-state index in [1.54, 1.807) is 0 Å². The first kappa shape index (κ1) is 27.5. The molecular weight excluding hydrogens is 493 g/mol. The number of fused-ring (bicyclic) bond motifs is 2. The number of nitrogens with two attached hydrogens (primary N) is 2. The summed E-state index contributed by atoms with van der Waals surface area (Å²) in [7, 11) is -4.80. The van der Waals surface area contributed by atoms with Gasteiger partial charge in [-0.15, -0.1) is 0 Å². The van der Waals surface area contributed by atoms with Crippen LogP contribution in [0.1, 0.15) is 76.1 Å². The van der Waals surface area contributed by atoms with E-state index in [-0.39, 0.29) is 17.6 Å². The summed E-state index contributed by atoms with van der Waals surface area (Å²) in [5.41, 5.74) is 12.2. The fourth-order valence-electron chi connectivity index (χ4n) is 5.82. The van der Waals surface area contributed by atoms with E-state index >= 15 is 0 Å². The van der Waals surface area contributed by atoms with E-state index in [1.807, 2.05) is 0 Å². The van der Waals surface area contributed by atoms with Crippen molar-refractivity contribution in [2.45, 2.75) is 100 Å². The molecule has 1 aromatic rings. The molecule has 0 spiro atoms. The number of nitrogens with one attached hydrogen (secondary N) is 1. The number of nitrogens with zero attached hydrogens (tertiary/aromatic N) is 2. The number of nitrogen functional groups attached to an aromatic ring is 1. The van der Waals surface area contributed by atoms with Crippen LogP contribution in [0, 0.1) is 5.92 Å². The summed E-state index contributed by atoms with van der Waals surface area (Å²) >= 11 is 0. The molecular formula is C22H38N5O8P. The van der Waals surface area contributed by atoms with Gasteiger partial charge in [0.05, 0.1) is 30.2 Å². The lowest BCUT2D eigenvalue weighted by Gasteiger charge is -2.43. The average Bonchev–Trinajstić information content (AvgIpc) is 3.31. The molecule has 1 amide bonds. The lowest BCUT2D eigenvalue weighted by atomic mass is 9.67. The van der Waals surface area contributed by atoms with Crippen LogP contribution < -0.4 is 16.8 Å². The Labute approximate surface area is 209 Å². The van der Waals surface area contributed by atoms with Crippen molar-refractivity contribution in [1.29, 1.82) is 0 Å². The standard InChI is InChI=1S/C22H38N5O8P/c23-18-13-8-6-4-2-1-3-5-7-9-22(10-13,21(30)26-18)17-19(24)27(12-25-17)20-16(29)15(28)14(35-20)11-34-36(31,32)33/h12-16,18,20,28-29H,1-11,23-24H2,(H,26,30)(H2,31,32,33). The van der Waals surface area contributed by atoms with Crippen LogP contribution in [0.25, 0.3) is 0 Å². The second-order valence-corrected chi connectivity index (χ2v) is 11.5. The van der Waals surface area contributed by atoms with Gasteiger partial charge in [0, 0.05) is 0 Å². The highest BCUT2D eigenvalue weighted by molar-refractivity contribution is 7.46. The number of carbonyl (C=O) groups excluding carboxylic acids is 1. The van der Waals surface area contributed by atoms with Crippen LogP contribution in [0.4, 0.5) is 5.82 Å². The molecule has 2 aliphatic heterocycles. The summed E-state index contributed by atoms with van der Waals surface area (Å²) in [4.78, 5) is 35.9. The highest BCUT2D eigenvalue weighted by atomic mass is 31.2. The van der Waals surface area contributed by atoms with Gasteiger partial charge in [0.1, 0.15) is 24.1 Å². The first-order chi connectivity index (χ1) is 17.0. The van der Waals surface area contributed by atoms with E-state index in [0.29, 0.717) is 18.5 Å². The lowest BCUT2D eigenvalue weighted by Crippen LogP contribution is -2.61. The number of aliphatic hydroxyl groups is 2. The van der Waals surface area contributed by atoms with Gasteiger partial charge in [-0.25, -0.2) is 9.55 Å². The fraction of sp³-hybridized carbons (Fsp3) is 0.818. The van der Waals surface area contributed by atoms with E-state index in [1.165, 1.54) is 23.7 Å². The number of imidazole rings is 1. The molecule has 36 heavy (non-hydrogen) atoms. The maximum absolute atomic E-state index is 13.5. The third-order valence-corrected chi connectivity index (χ3v) is 8.32. The highest BCUT2D eigenvalue weighted by Gasteiger charge is 2.51. The van der Waals surface area contributed by atoms with Crippen LogP contribution in [0.2, 0.25) is 0 Å². The van der Waals surface area contributed by atoms with Crippen molar-refractivity contribution in [3.05, 3.63) is 12.0 Å². The van der Waals surface area contributed by atoms with Gasteiger partial charge in [0.25, 0.3) is 0 Å². The maximum Gasteiger partial charge on any atom is 0.469 e. The Hall–Kier alpha value is -1.57. The molecule has 3 fully saturated rings. The van der Waals surface area contributed by atoms with E-state index in [9.17, 15) is 19.6 Å². The van der Waals surface area contributed by atoms with Crippen LogP contribution in [-0.2, 0) is 24.0 Å². The number of hydrogen-bond acceptors (Lipinski definition) is 9. The molecule has 0 aromatic carbocycles. The zero-order chi connectivity index (χ0) is 26.1. The lowest BCUT2D eigenvalue weighted by molar-refractivity contribution is -0.132. The number of hydrogen-bond donors (Lipinski definition) is 7. The van der Waals surface area contributed by atoms with Gasteiger partial charge in [-0.05, 0) is 25.2 Å². The zero-order valence-corrected chi connectivity index (χ0v) is 21.1. The number of rotatable bonds is 5. The van der Waals surface area contributed by atoms with Crippen molar-refractivity contribution in [3.8, 4) is 0 Å². The summed E-state index contributed by atoms with van der Waals surface area (Å²) in [5.74, 6) is -0.0311. The molecule has 3 aliphatic rings. The molecule has 7 atom stereocenters. The van der Waals surface area contributed by atoms with Crippen LogP contribution in [0.5, 0.6) is 0 Å². The normalized spacial score (nSPS) is 36.6. The Kier molecular flexibility index (Phi) is 8.42. The Balaban J connectivity index is 1.62. The fourth-order valence-corrected chi connectivity index (χ4v) is 6.16. The minimum absolute atomic E-state index is 0.0657. The number of aromatic nitrogens is 2. The third-order valence-electron chi connectivity index (χ3n) is 7.83. The number of ether oxygens (including phenoxy) is 1. The van der Waals surface area contributed by atoms with E-state index in [0.717, 1.165) is 38.5 Å². The van der Waals surface area contributed by atoms with Gasteiger partial charge in [-0.1, -0.05) is 44.9 Å². The molecule has 4 rings (SSSR count). The molecule has 0 radical (unpaired) electrons. The summed E-state index contributed by atoms with van der Waals surface area (Å²) in [6, 6.07) is 0. The molecule has 13 nitrogen and oxygen atoms in total. The SMILES string of the molecule is Nc1c(C23CCCCCCCCCC(C2)C(N)NC3=O)ncn1C1OC(COP(=O)(O)O)C(O)C1O. The monoisotopic (exact) mass is 531 g/mol. The Bertz CT molecular complexity index is 972. The van der Waals surface area contributed by atoms with Crippen molar-refractivity contribution in [2.75, 3.05) is 12.3 Å². The Morgan fingerprint density at radius 2 is 1.83 bits per heavy atom. The third kappa shape index (κ3) is 5.63. The molecule has 1 saturated carbocycles. The van der Waals surface area contributed by atoms with E-state index < -0.39 is 50.6 Å². The number of carbonyl (C=O) groups is 1. The van der Waals surface area contributed by atoms with Crippen LogP contribution in [0.3, 0.4) is 0 Å². The number of piperidine rings is 1. The van der Waals surface area contributed by atoms with E-state index in [4.69, 9.17) is 26.0 Å². The minimum Gasteiger partial charge on any atom is -0.387 e. The van der Waals surface area contributed by atoms with E-state index in [2.05, 4.69) is 14.8 Å². The smallest absolute Gasteiger partial charge is 0.387 e. The first-order valence-corrected chi connectivity index (χ1v) is 14.2. The minimum atomic E-state index is -4.80. The van der Waals surface area contributed by atoms with Gasteiger partial charge in [0.15, 0.2) is 6.23 Å². The quantitative estimate of drug-likeness (QED) is 0.258. The van der Waals surface area contributed by atoms with Gasteiger partial charge >= 0.3 is 7.82 Å². The van der Waals surface area contributed by atoms with Crippen LogP contribution in [-0.4, -0.2) is 66.5 Å². The van der Waals surface area contributed by atoms with Crippen LogP contribution >= 0.6 is 7.82 Å². The molecule has 204 valence electrons. The predicted molar refractivity (Wildman–Crippen MR) is 128 cm³/mol. The van der Waals surface area contributed by atoms with Crippen molar-refractivity contribution in [3.63, 3.8) is 0 Å². The number of phosphoric acid groups is 1. The molecule has 2 saturated heterocycles. The van der Waals surface area contributed by atoms with Crippen LogP contribution in [0.15, 0.2) is 6.33 Å². The number of anilines is 1. The van der Waals surface area contributed by atoms with Crippen molar-refractivity contribution in [1.82, 2.24) is 14.9 Å².